The zero-order valence-electron chi connectivity index (χ0n) is 27.5. The Labute approximate surface area is 290 Å². The number of esters is 1. The summed E-state index contributed by atoms with van der Waals surface area (Å²) in [6.07, 6.45) is 9.73. The molecule has 0 unspecified atom stereocenters. The molecule has 2 aliphatic rings. The molecule has 47 heavy (non-hydrogen) atoms. The van der Waals surface area contributed by atoms with Crippen LogP contribution in [0.3, 0.4) is 0 Å². The normalized spacial score (nSPS) is 22.2. The zero-order valence-corrected chi connectivity index (χ0v) is 29.9. The number of cyclic esters (lactones) is 1. The van der Waals surface area contributed by atoms with E-state index < -0.39 is 23.7 Å². The SMILES string of the molecule is CCCCCCCC(=O)SCC/C=C/[C@@H]1CC(=O)NCc2nc(cs2)C2=N[C@@](Cc3ccccc3)(CS2)C(=O)N[C@@H](C(C)C)C(=O)O1. The Morgan fingerprint density at radius 3 is 2.70 bits per heavy atom. The van der Waals surface area contributed by atoms with Crippen molar-refractivity contribution >= 4 is 62.8 Å². The molecule has 2 amide bonds. The number of ether oxygens (including phenoxy) is 1. The number of aliphatic imine (C=N–C) groups is 1. The molecule has 0 aliphatic carbocycles. The minimum absolute atomic E-state index is 0.0798. The molecule has 0 saturated carbocycles. The van der Waals surface area contributed by atoms with Crippen LogP contribution in [0.4, 0.5) is 0 Å². The van der Waals surface area contributed by atoms with Crippen LogP contribution in [0.2, 0.25) is 0 Å². The fourth-order valence-electron chi connectivity index (χ4n) is 5.30. The predicted molar refractivity (Wildman–Crippen MR) is 192 cm³/mol. The summed E-state index contributed by atoms with van der Waals surface area (Å²) in [5.41, 5.74) is 0.505. The number of nitrogens with zero attached hydrogens (tertiary/aromatic N) is 2. The van der Waals surface area contributed by atoms with Gasteiger partial charge in [0.2, 0.25) is 11.8 Å². The predicted octanol–water partition coefficient (Wildman–Crippen LogP) is 6.26. The van der Waals surface area contributed by atoms with Gasteiger partial charge in [-0.2, -0.15) is 0 Å². The smallest absolute Gasteiger partial charge is 0.329 e. The molecule has 1 aromatic heterocycles. The van der Waals surface area contributed by atoms with Crippen LogP contribution in [-0.4, -0.2) is 62.1 Å². The molecular weight excluding hydrogens is 653 g/mol. The molecule has 2 aromatic rings. The average Bonchev–Trinajstić information content (AvgIpc) is 3.70. The summed E-state index contributed by atoms with van der Waals surface area (Å²) in [7, 11) is 0. The van der Waals surface area contributed by atoms with E-state index >= 15 is 0 Å². The Kier molecular flexibility index (Phi) is 14.5. The number of nitrogens with one attached hydrogen (secondary N) is 2. The van der Waals surface area contributed by atoms with Crippen molar-refractivity contribution in [1.82, 2.24) is 15.6 Å². The van der Waals surface area contributed by atoms with Gasteiger partial charge >= 0.3 is 5.97 Å². The molecule has 0 radical (unpaired) electrons. The van der Waals surface area contributed by atoms with Crippen molar-refractivity contribution in [2.24, 2.45) is 10.9 Å². The van der Waals surface area contributed by atoms with Crippen molar-refractivity contribution in [3.8, 4) is 0 Å². The standard InChI is InChI=1S/C35H46N4O5S3/c1-4-5-6-7-11-17-30(41)45-18-13-12-16-26-19-28(40)36-21-29-37-27(22-46-29)32-39-35(23-47-32,20-25-14-9-8-10-15-25)34(43)38-31(24(2)3)33(42)44-26/h8-10,12,14-16,22,24,26,31H,4-7,11,13,17-21,23H2,1-3H3,(H,36,40)(H,38,43)/b16-12+/t26-,31+,35+/m1/s1. The number of carbonyl (C=O) groups is 4. The van der Waals surface area contributed by atoms with Crippen LogP contribution in [0, 0.1) is 5.92 Å². The molecule has 1 aromatic carbocycles. The molecule has 4 bridgehead atoms. The van der Waals surface area contributed by atoms with Gasteiger partial charge in [0.25, 0.3) is 0 Å². The Bertz CT molecular complexity index is 1430. The largest absolute Gasteiger partial charge is 0.456 e. The highest BCUT2D eigenvalue weighted by Crippen LogP contribution is 2.35. The molecular formula is C35H46N4O5S3. The highest BCUT2D eigenvalue weighted by atomic mass is 32.2. The van der Waals surface area contributed by atoms with Gasteiger partial charge in [-0.3, -0.25) is 19.4 Å². The number of carbonyl (C=O) groups excluding carboxylic acids is 4. The quantitative estimate of drug-likeness (QED) is 0.143. The number of amides is 2. The Morgan fingerprint density at radius 2 is 1.94 bits per heavy atom. The van der Waals surface area contributed by atoms with Gasteiger partial charge in [-0.25, -0.2) is 9.78 Å². The molecule has 3 heterocycles. The number of aromatic nitrogens is 1. The third-order valence-electron chi connectivity index (χ3n) is 7.98. The maximum atomic E-state index is 14.1. The second kappa shape index (κ2) is 18.5. The Hall–Kier alpha value is -2.96. The van der Waals surface area contributed by atoms with E-state index in [1.54, 1.807) is 6.08 Å². The topological polar surface area (TPSA) is 127 Å². The highest BCUT2D eigenvalue weighted by Gasteiger charge is 2.45. The summed E-state index contributed by atoms with van der Waals surface area (Å²) in [6.45, 7) is 6.09. The van der Waals surface area contributed by atoms with E-state index in [0.29, 0.717) is 46.5 Å². The number of fused-ring (bicyclic) bond motifs is 4. The van der Waals surface area contributed by atoms with Crippen LogP contribution in [-0.2, 0) is 36.9 Å². The molecule has 2 aliphatic heterocycles. The van der Waals surface area contributed by atoms with E-state index in [1.165, 1.54) is 54.1 Å². The number of benzene rings is 1. The van der Waals surface area contributed by atoms with Gasteiger partial charge in [0, 0.05) is 29.7 Å². The summed E-state index contributed by atoms with van der Waals surface area (Å²) in [4.78, 5) is 62.6. The lowest BCUT2D eigenvalue weighted by Crippen LogP contribution is -2.55. The summed E-state index contributed by atoms with van der Waals surface area (Å²) in [6, 6.07) is 8.79. The number of rotatable bonds is 13. The molecule has 3 atom stereocenters. The van der Waals surface area contributed by atoms with Gasteiger partial charge < -0.3 is 15.4 Å². The third-order valence-corrected chi connectivity index (χ3v) is 11.0. The molecule has 12 heteroatoms. The lowest BCUT2D eigenvalue weighted by atomic mass is 9.91. The first kappa shape index (κ1) is 36.9. The lowest BCUT2D eigenvalue weighted by Gasteiger charge is -2.29. The summed E-state index contributed by atoms with van der Waals surface area (Å²) in [5.74, 6) is -0.513. The van der Waals surface area contributed by atoms with E-state index in [4.69, 9.17) is 14.7 Å². The number of allylic oxidation sites excluding steroid dienone is 1. The molecule has 0 spiro atoms. The van der Waals surface area contributed by atoms with Crippen LogP contribution in [0.5, 0.6) is 0 Å². The number of hydrogen-bond acceptors (Lipinski definition) is 10. The average molecular weight is 699 g/mol. The van der Waals surface area contributed by atoms with Crippen LogP contribution in [0.25, 0.3) is 0 Å². The second-order valence-electron chi connectivity index (χ2n) is 12.3. The maximum absolute atomic E-state index is 14.1. The van der Waals surface area contributed by atoms with Gasteiger partial charge in [0.1, 0.15) is 27.9 Å². The molecule has 2 N–H and O–H groups in total. The van der Waals surface area contributed by atoms with Gasteiger partial charge in [-0.1, -0.05) is 94.6 Å². The van der Waals surface area contributed by atoms with Crippen LogP contribution < -0.4 is 10.6 Å². The second-order valence-corrected chi connectivity index (χ2v) is 15.3. The summed E-state index contributed by atoms with van der Waals surface area (Å²) < 4.78 is 5.89. The van der Waals surface area contributed by atoms with E-state index in [1.807, 2.05) is 55.6 Å². The monoisotopic (exact) mass is 698 g/mol. The van der Waals surface area contributed by atoms with Gasteiger partial charge in [-0.15, -0.1) is 23.1 Å². The van der Waals surface area contributed by atoms with Gasteiger partial charge in [0.15, 0.2) is 10.7 Å². The minimum atomic E-state index is -1.13. The van der Waals surface area contributed by atoms with Crippen molar-refractivity contribution < 1.29 is 23.9 Å². The number of unbranched alkanes of at least 4 members (excludes halogenated alkanes) is 4. The Morgan fingerprint density at radius 1 is 1.15 bits per heavy atom. The number of hydrogen-bond donors (Lipinski definition) is 2. The molecule has 0 saturated heterocycles. The van der Waals surface area contributed by atoms with E-state index in [9.17, 15) is 19.2 Å². The first-order valence-corrected chi connectivity index (χ1v) is 19.4. The lowest BCUT2D eigenvalue weighted by molar-refractivity contribution is -0.153. The summed E-state index contributed by atoms with van der Waals surface area (Å²) >= 11 is 4.20. The molecule has 4 rings (SSSR count). The van der Waals surface area contributed by atoms with E-state index in [-0.39, 0.29) is 35.8 Å². The minimum Gasteiger partial charge on any atom is -0.456 e. The van der Waals surface area contributed by atoms with E-state index in [0.717, 1.165) is 18.4 Å². The molecule has 9 nitrogen and oxygen atoms in total. The Balaban J connectivity index is 1.49. The van der Waals surface area contributed by atoms with Crippen LogP contribution in [0.15, 0.2) is 52.9 Å². The summed E-state index contributed by atoms with van der Waals surface area (Å²) in [5, 5.41) is 9.33. The van der Waals surface area contributed by atoms with Crippen molar-refractivity contribution in [1.29, 1.82) is 0 Å². The molecule has 0 fully saturated rings. The number of thiazole rings is 1. The van der Waals surface area contributed by atoms with Crippen LogP contribution >= 0.6 is 34.9 Å². The van der Waals surface area contributed by atoms with Gasteiger partial charge in [0.05, 0.1) is 13.0 Å². The number of thioether (sulfide) groups is 2. The first-order chi connectivity index (χ1) is 22.7. The fraction of sp³-hybridized carbons (Fsp3) is 0.543. The third kappa shape index (κ3) is 11.3. The highest BCUT2D eigenvalue weighted by molar-refractivity contribution is 8.14. The first-order valence-electron chi connectivity index (χ1n) is 16.5. The van der Waals surface area contributed by atoms with Crippen molar-refractivity contribution in [2.75, 3.05) is 11.5 Å². The molecule has 254 valence electrons. The fourth-order valence-corrected chi connectivity index (χ4v) is 8.03. The zero-order chi connectivity index (χ0) is 33.6. The van der Waals surface area contributed by atoms with Crippen molar-refractivity contribution in [3.05, 3.63) is 64.1 Å². The maximum Gasteiger partial charge on any atom is 0.329 e. The van der Waals surface area contributed by atoms with Crippen molar-refractivity contribution in [2.45, 2.75) is 103 Å². The van der Waals surface area contributed by atoms with Crippen molar-refractivity contribution in [3.63, 3.8) is 0 Å². The van der Waals surface area contributed by atoms with Crippen LogP contribution in [0.1, 0.15) is 88.4 Å². The van der Waals surface area contributed by atoms with Gasteiger partial charge in [-0.05, 0) is 30.4 Å². The van der Waals surface area contributed by atoms with E-state index in [2.05, 4.69) is 17.6 Å².